The number of ketones is 1. The van der Waals surface area contributed by atoms with Gasteiger partial charge in [0.1, 0.15) is 0 Å². The molecule has 1 aromatic carbocycles. The molecule has 1 rings (SSSR count). The van der Waals surface area contributed by atoms with Crippen LogP contribution in [0.2, 0.25) is 10.0 Å². The molecule has 0 saturated carbocycles. The Hall–Kier alpha value is -0.380. The van der Waals surface area contributed by atoms with Crippen molar-refractivity contribution in [3.05, 3.63) is 33.8 Å². The van der Waals surface area contributed by atoms with Gasteiger partial charge in [-0.25, -0.2) is 0 Å². The zero-order valence-electron chi connectivity index (χ0n) is 8.13. The number of rotatable bonds is 4. The van der Waals surface area contributed by atoms with Gasteiger partial charge in [0.2, 0.25) is 0 Å². The average Bonchev–Trinajstić information content (AvgIpc) is 2.17. The van der Waals surface area contributed by atoms with Gasteiger partial charge in [-0.2, -0.15) is 0 Å². The number of hydrogen-bond donors (Lipinski definition) is 0. The molecule has 0 amide bonds. The summed E-state index contributed by atoms with van der Waals surface area (Å²) < 4.78 is 11.2. The zero-order valence-corrected chi connectivity index (χ0v) is 10.5. The number of Topliss-reactive ketones (excluding diaryl/α,β-unsaturated/α-hetero) is 1. The lowest BCUT2D eigenvalue weighted by Gasteiger charge is -2.03. The molecule has 0 aliphatic heterocycles. The fourth-order valence-electron chi connectivity index (χ4n) is 1.04. The molecular formula is C10H10Cl2O2S. The van der Waals surface area contributed by atoms with Crippen molar-refractivity contribution in [3.8, 4) is 0 Å². The molecule has 1 atom stereocenters. The van der Waals surface area contributed by atoms with E-state index in [4.69, 9.17) is 23.2 Å². The summed E-state index contributed by atoms with van der Waals surface area (Å²) in [4.78, 5) is 11.6. The molecule has 5 heteroatoms. The number of carbonyl (C=O) groups is 1. The second-order valence-electron chi connectivity index (χ2n) is 2.92. The van der Waals surface area contributed by atoms with Crippen LogP contribution in [0.1, 0.15) is 17.3 Å². The summed E-state index contributed by atoms with van der Waals surface area (Å²) in [5.74, 6) is 0.270. The first-order chi connectivity index (χ1) is 7.04. The van der Waals surface area contributed by atoms with E-state index in [9.17, 15) is 9.00 Å². The van der Waals surface area contributed by atoms with Crippen LogP contribution in [-0.2, 0) is 10.8 Å². The van der Waals surface area contributed by atoms with Gasteiger partial charge in [0.05, 0.1) is 10.8 Å². The van der Waals surface area contributed by atoms with Gasteiger partial charge in [-0.3, -0.25) is 9.00 Å². The molecule has 0 bridgehead atoms. The molecule has 2 nitrogen and oxygen atoms in total. The first-order valence-electron chi connectivity index (χ1n) is 4.37. The highest BCUT2D eigenvalue weighted by atomic mass is 35.5. The molecule has 0 spiro atoms. The second kappa shape index (κ2) is 5.64. The third-order valence-corrected chi connectivity index (χ3v) is 3.62. The number of halogens is 2. The predicted molar refractivity (Wildman–Crippen MR) is 64.3 cm³/mol. The monoisotopic (exact) mass is 264 g/mol. The Morgan fingerprint density at radius 3 is 2.60 bits per heavy atom. The molecular weight excluding hydrogens is 255 g/mol. The SMILES string of the molecule is CCS(=O)CC(=O)c1ccc(Cl)cc1Cl. The van der Waals surface area contributed by atoms with Crippen LogP contribution < -0.4 is 0 Å². The molecule has 0 aliphatic carbocycles. The summed E-state index contributed by atoms with van der Waals surface area (Å²) >= 11 is 11.5. The summed E-state index contributed by atoms with van der Waals surface area (Å²) in [6.45, 7) is 1.77. The lowest BCUT2D eigenvalue weighted by atomic mass is 10.1. The van der Waals surface area contributed by atoms with E-state index in [1.807, 2.05) is 0 Å². The highest BCUT2D eigenvalue weighted by Gasteiger charge is 2.12. The molecule has 1 unspecified atom stereocenters. The summed E-state index contributed by atoms with van der Waals surface area (Å²) in [7, 11) is -1.11. The summed E-state index contributed by atoms with van der Waals surface area (Å²) in [5.41, 5.74) is 0.378. The molecule has 0 heterocycles. The van der Waals surface area contributed by atoms with Crippen LogP contribution >= 0.6 is 23.2 Å². The molecule has 15 heavy (non-hydrogen) atoms. The molecule has 0 fully saturated rings. The van der Waals surface area contributed by atoms with Crippen molar-refractivity contribution in [2.45, 2.75) is 6.92 Å². The highest BCUT2D eigenvalue weighted by Crippen LogP contribution is 2.21. The van der Waals surface area contributed by atoms with Crippen LogP contribution in [0.3, 0.4) is 0 Å². The van der Waals surface area contributed by atoms with E-state index in [1.54, 1.807) is 19.1 Å². The van der Waals surface area contributed by atoms with Gasteiger partial charge in [0, 0.05) is 27.1 Å². The van der Waals surface area contributed by atoms with Crippen LogP contribution in [0.5, 0.6) is 0 Å². The van der Waals surface area contributed by atoms with Gasteiger partial charge in [0.25, 0.3) is 0 Å². The molecule has 0 aliphatic rings. The average molecular weight is 265 g/mol. The lowest BCUT2D eigenvalue weighted by Crippen LogP contribution is -2.12. The Morgan fingerprint density at radius 1 is 1.40 bits per heavy atom. The summed E-state index contributed by atoms with van der Waals surface area (Å²) in [6, 6.07) is 4.65. The van der Waals surface area contributed by atoms with Gasteiger partial charge in [-0.05, 0) is 18.2 Å². The van der Waals surface area contributed by atoms with Crippen LogP contribution in [0.4, 0.5) is 0 Å². The molecule has 82 valence electrons. The zero-order chi connectivity index (χ0) is 11.4. The first kappa shape index (κ1) is 12.7. The maximum Gasteiger partial charge on any atom is 0.176 e. The molecule has 0 saturated heterocycles. The Balaban J connectivity index is 2.87. The maximum absolute atomic E-state index is 11.6. The van der Waals surface area contributed by atoms with Gasteiger partial charge in [0.15, 0.2) is 5.78 Å². The normalized spacial score (nSPS) is 12.5. The first-order valence-corrected chi connectivity index (χ1v) is 6.62. The van der Waals surface area contributed by atoms with E-state index in [0.717, 1.165) is 0 Å². The molecule has 1 aromatic rings. The molecule has 0 aromatic heterocycles. The minimum atomic E-state index is -1.11. The van der Waals surface area contributed by atoms with E-state index >= 15 is 0 Å². The van der Waals surface area contributed by atoms with E-state index in [2.05, 4.69) is 0 Å². The lowest BCUT2D eigenvalue weighted by molar-refractivity contribution is 0.102. The van der Waals surface area contributed by atoms with Gasteiger partial charge >= 0.3 is 0 Å². The largest absolute Gasteiger partial charge is 0.293 e. The summed E-state index contributed by atoms with van der Waals surface area (Å²) in [6.07, 6.45) is 0. The van der Waals surface area contributed by atoms with Gasteiger partial charge in [-0.1, -0.05) is 30.1 Å². The fourth-order valence-corrected chi connectivity index (χ4v) is 2.21. The smallest absolute Gasteiger partial charge is 0.176 e. The van der Waals surface area contributed by atoms with E-state index in [-0.39, 0.29) is 11.5 Å². The van der Waals surface area contributed by atoms with Crippen LogP contribution in [-0.4, -0.2) is 21.5 Å². The molecule has 0 radical (unpaired) electrons. The minimum absolute atomic E-state index is 0.0118. The van der Waals surface area contributed by atoms with Crippen molar-refractivity contribution < 1.29 is 9.00 Å². The number of benzene rings is 1. The van der Waals surface area contributed by atoms with Crippen molar-refractivity contribution in [1.82, 2.24) is 0 Å². The predicted octanol–water partition coefficient (Wildman–Crippen LogP) is 2.94. The Kier molecular flexibility index (Phi) is 4.77. The van der Waals surface area contributed by atoms with Crippen molar-refractivity contribution >= 4 is 39.8 Å². The van der Waals surface area contributed by atoms with E-state index in [0.29, 0.717) is 21.4 Å². The van der Waals surface area contributed by atoms with Crippen LogP contribution in [0.25, 0.3) is 0 Å². The topological polar surface area (TPSA) is 34.1 Å². The number of hydrogen-bond acceptors (Lipinski definition) is 2. The van der Waals surface area contributed by atoms with Crippen molar-refractivity contribution in [2.24, 2.45) is 0 Å². The van der Waals surface area contributed by atoms with Gasteiger partial charge in [-0.15, -0.1) is 0 Å². The van der Waals surface area contributed by atoms with Gasteiger partial charge < -0.3 is 0 Å². The quantitative estimate of drug-likeness (QED) is 0.784. The van der Waals surface area contributed by atoms with Crippen molar-refractivity contribution in [1.29, 1.82) is 0 Å². The highest BCUT2D eigenvalue weighted by molar-refractivity contribution is 7.85. The fraction of sp³-hybridized carbons (Fsp3) is 0.300. The van der Waals surface area contributed by atoms with Crippen LogP contribution in [0.15, 0.2) is 18.2 Å². The number of carbonyl (C=O) groups excluding carboxylic acids is 1. The van der Waals surface area contributed by atoms with Crippen LogP contribution in [0, 0.1) is 0 Å². The second-order valence-corrected chi connectivity index (χ2v) is 5.51. The standard InChI is InChI=1S/C10H10Cl2O2S/c1-2-15(14)6-10(13)8-4-3-7(11)5-9(8)12/h3-5H,2,6H2,1H3. The molecule has 0 N–H and O–H groups in total. The Morgan fingerprint density at radius 2 is 2.07 bits per heavy atom. The Labute approximate surface area is 101 Å². The maximum atomic E-state index is 11.6. The van der Waals surface area contributed by atoms with E-state index in [1.165, 1.54) is 6.07 Å². The van der Waals surface area contributed by atoms with Crippen molar-refractivity contribution in [3.63, 3.8) is 0 Å². The minimum Gasteiger partial charge on any atom is -0.293 e. The Bertz CT molecular complexity index is 404. The third-order valence-electron chi connectivity index (χ3n) is 1.85. The van der Waals surface area contributed by atoms with E-state index < -0.39 is 10.8 Å². The summed E-state index contributed by atoms with van der Waals surface area (Å²) in [5, 5.41) is 0.786. The van der Waals surface area contributed by atoms with Crippen molar-refractivity contribution in [2.75, 3.05) is 11.5 Å². The third kappa shape index (κ3) is 3.59.